The smallest absolute Gasteiger partial charge is 0.358 e. The van der Waals surface area contributed by atoms with Crippen molar-refractivity contribution in [3.8, 4) is 5.69 Å². The molecule has 1 N–H and O–H groups in total. The lowest BCUT2D eigenvalue weighted by atomic mass is 10.3. The summed E-state index contributed by atoms with van der Waals surface area (Å²) < 4.78 is 6.24. The molecular formula is C24H19ClN6O3. The highest BCUT2D eigenvalue weighted by Gasteiger charge is 2.22. The number of H-pyrrole nitrogens is 1. The van der Waals surface area contributed by atoms with Gasteiger partial charge in [-0.2, -0.15) is 15.3 Å². The summed E-state index contributed by atoms with van der Waals surface area (Å²) in [6.07, 6.45) is 0. The van der Waals surface area contributed by atoms with Crippen LogP contribution in [0.3, 0.4) is 0 Å². The topological polar surface area (TPSA) is 114 Å². The molecule has 0 saturated heterocycles. The molecular weight excluding hydrogens is 456 g/mol. The molecule has 0 radical (unpaired) electrons. The second-order valence-electron chi connectivity index (χ2n) is 6.92. The van der Waals surface area contributed by atoms with Crippen LogP contribution < -0.4 is 5.56 Å². The average Bonchev–Trinajstić information content (AvgIpc) is 3.19. The molecule has 0 fully saturated rings. The number of ether oxygens (including phenoxy) is 1. The summed E-state index contributed by atoms with van der Waals surface area (Å²) in [5.41, 5.74) is 1.49. The fourth-order valence-corrected chi connectivity index (χ4v) is 3.07. The van der Waals surface area contributed by atoms with Crippen LogP contribution in [0.5, 0.6) is 0 Å². The maximum Gasteiger partial charge on any atom is 0.358 e. The van der Waals surface area contributed by atoms with Gasteiger partial charge in [-0.05, 0) is 67.6 Å². The summed E-state index contributed by atoms with van der Waals surface area (Å²) >= 11 is 5.93. The van der Waals surface area contributed by atoms with E-state index in [1.54, 1.807) is 55.5 Å². The second-order valence-corrected chi connectivity index (χ2v) is 7.36. The number of azo groups is 2. The number of hydrogen-bond donors (Lipinski definition) is 1. The second kappa shape index (κ2) is 10.5. The number of carbonyl (C=O) groups excluding carboxylic acids is 1. The molecule has 4 aromatic rings. The van der Waals surface area contributed by atoms with Crippen LogP contribution in [0.25, 0.3) is 5.69 Å². The zero-order valence-electron chi connectivity index (χ0n) is 18.1. The number of rotatable bonds is 7. The van der Waals surface area contributed by atoms with E-state index in [0.717, 1.165) is 5.69 Å². The molecule has 0 unspecified atom stereocenters. The number of nitrogens with one attached hydrogen (secondary N) is 1. The molecule has 0 atom stereocenters. The molecule has 0 amide bonds. The summed E-state index contributed by atoms with van der Waals surface area (Å²) in [4.78, 5) is 25.4. The Labute approximate surface area is 199 Å². The van der Waals surface area contributed by atoms with Gasteiger partial charge in [0.1, 0.15) is 0 Å². The van der Waals surface area contributed by atoms with Gasteiger partial charge in [-0.3, -0.25) is 9.89 Å². The van der Waals surface area contributed by atoms with E-state index in [-0.39, 0.29) is 18.0 Å². The Morgan fingerprint density at radius 3 is 2.00 bits per heavy atom. The zero-order valence-corrected chi connectivity index (χ0v) is 18.8. The van der Waals surface area contributed by atoms with Gasteiger partial charge < -0.3 is 4.74 Å². The Morgan fingerprint density at radius 2 is 1.41 bits per heavy atom. The van der Waals surface area contributed by atoms with Gasteiger partial charge in [-0.1, -0.05) is 29.8 Å². The third-order valence-corrected chi connectivity index (χ3v) is 4.83. The van der Waals surface area contributed by atoms with Crippen molar-refractivity contribution in [2.45, 2.75) is 6.92 Å². The molecule has 0 aliphatic rings. The van der Waals surface area contributed by atoms with Crippen LogP contribution in [0, 0.1) is 0 Å². The Bertz CT molecular complexity index is 1390. The Balaban J connectivity index is 1.61. The highest BCUT2D eigenvalue weighted by atomic mass is 35.5. The summed E-state index contributed by atoms with van der Waals surface area (Å²) in [6, 6.07) is 22.7. The number of hydrogen-bond acceptors (Lipinski definition) is 7. The van der Waals surface area contributed by atoms with Gasteiger partial charge in [-0.25, -0.2) is 9.48 Å². The molecule has 1 aromatic heterocycles. The lowest BCUT2D eigenvalue weighted by molar-refractivity contribution is 0.0520. The Hall–Kier alpha value is -4.37. The molecule has 170 valence electrons. The molecule has 4 rings (SSSR count). The third kappa shape index (κ3) is 5.33. The van der Waals surface area contributed by atoms with Crippen molar-refractivity contribution in [2.24, 2.45) is 20.5 Å². The number of halogens is 1. The maximum atomic E-state index is 13.0. The van der Waals surface area contributed by atoms with Gasteiger partial charge in [0.2, 0.25) is 0 Å². The van der Waals surface area contributed by atoms with Crippen LogP contribution in [0.4, 0.5) is 22.7 Å². The lowest BCUT2D eigenvalue weighted by Gasteiger charge is -2.01. The quantitative estimate of drug-likeness (QED) is 0.234. The van der Waals surface area contributed by atoms with Crippen molar-refractivity contribution < 1.29 is 9.53 Å². The van der Waals surface area contributed by atoms with Gasteiger partial charge in [0.15, 0.2) is 11.4 Å². The van der Waals surface area contributed by atoms with Crippen LogP contribution in [0.2, 0.25) is 5.02 Å². The highest BCUT2D eigenvalue weighted by Crippen LogP contribution is 2.24. The van der Waals surface area contributed by atoms with Crippen molar-refractivity contribution >= 4 is 40.3 Å². The first-order valence-electron chi connectivity index (χ1n) is 10.3. The molecule has 0 spiro atoms. The summed E-state index contributed by atoms with van der Waals surface area (Å²) in [5, 5.41) is 19.8. The minimum Gasteiger partial charge on any atom is -0.461 e. The van der Waals surface area contributed by atoms with Crippen molar-refractivity contribution in [3.05, 3.63) is 99.9 Å². The minimum atomic E-state index is -0.710. The largest absolute Gasteiger partial charge is 0.461 e. The van der Waals surface area contributed by atoms with Crippen LogP contribution in [-0.4, -0.2) is 22.4 Å². The van der Waals surface area contributed by atoms with Crippen LogP contribution in [0.15, 0.2) is 104 Å². The number of carbonyl (C=O) groups is 1. The van der Waals surface area contributed by atoms with Gasteiger partial charge in [-0.15, -0.1) is 5.11 Å². The van der Waals surface area contributed by atoms with E-state index in [0.29, 0.717) is 22.1 Å². The summed E-state index contributed by atoms with van der Waals surface area (Å²) in [7, 11) is 0. The molecule has 10 heteroatoms. The van der Waals surface area contributed by atoms with Crippen molar-refractivity contribution in [1.29, 1.82) is 0 Å². The van der Waals surface area contributed by atoms with E-state index in [4.69, 9.17) is 16.3 Å². The van der Waals surface area contributed by atoms with E-state index in [1.807, 2.05) is 30.3 Å². The molecule has 0 saturated carbocycles. The van der Waals surface area contributed by atoms with Gasteiger partial charge in [0.25, 0.3) is 5.56 Å². The third-order valence-electron chi connectivity index (χ3n) is 4.58. The fraction of sp³-hybridized carbons (Fsp3) is 0.0833. The van der Waals surface area contributed by atoms with Crippen molar-refractivity contribution in [3.63, 3.8) is 0 Å². The van der Waals surface area contributed by atoms with Crippen LogP contribution in [-0.2, 0) is 4.74 Å². The number of aromatic amines is 1. The van der Waals surface area contributed by atoms with E-state index in [9.17, 15) is 9.59 Å². The normalized spacial score (nSPS) is 11.4. The zero-order chi connectivity index (χ0) is 23.9. The number of benzene rings is 3. The van der Waals surface area contributed by atoms with E-state index in [1.165, 1.54) is 4.68 Å². The fourth-order valence-electron chi connectivity index (χ4n) is 2.94. The van der Waals surface area contributed by atoms with E-state index < -0.39 is 11.5 Å². The summed E-state index contributed by atoms with van der Waals surface area (Å²) in [6.45, 7) is 1.81. The Kier molecular flexibility index (Phi) is 7.04. The predicted octanol–water partition coefficient (Wildman–Crippen LogP) is 6.83. The molecule has 0 aliphatic heterocycles. The van der Waals surface area contributed by atoms with Crippen LogP contribution >= 0.6 is 11.6 Å². The molecule has 0 aliphatic carbocycles. The minimum absolute atomic E-state index is 0.0983. The van der Waals surface area contributed by atoms with E-state index in [2.05, 4.69) is 25.6 Å². The first-order valence-corrected chi connectivity index (χ1v) is 10.7. The van der Waals surface area contributed by atoms with E-state index >= 15 is 0 Å². The molecule has 34 heavy (non-hydrogen) atoms. The van der Waals surface area contributed by atoms with Crippen molar-refractivity contribution in [1.82, 2.24) is 9.78 Å². The van der Waals surface area contributed by atoms with Crippen molar-refractivity contribution in [2.75, 3.05) is 6.61 Å². The molecule has 9 nitrogen and oxygen atoms in total. The number of aromatic nitrogens is 2. The Morgan fingerprint density at radius 1 is 0.853 bits per heavy atom. The predicted molar refractivity (Wildman–Crippen MR) is 129 cm³/mol. The highest BCUT2D eigenvalue weighted by molar-refractivity contribution is 6.30. The maximum absolute atomic E-state index is 13.0. The standard InChI is InChI=1S/C24H19ClN6O3/c1-2-34-24(33)22-21(23(32)31(30-22)20-14-8-16(25)9-15-20)29-28-19-12-10-18(11-13-19)27-26-17-6-4-3-5-7-17/h3-15,30H,2H2,1H3. The monoisotopic (exact) mass is 474 g/mol. The van der Waals surface area contributed by atoms with Gasteiger partial charge >= 0.3 is 5.97 Å². The summed E-state index contributed by atoms with van der Waals surface area (Å²) in [5.74, 6) is -0.710. The first-order chi connectivity index (χ1) is 16.5. The van der Waals surface area contributed by atoms with Crippen LogP contribution in [0.1, 0.15) is 17.4 Å². The number of esters is 1. The van der Waals surface area contributed by atoms with Gasteiger partial charge in [0, 0.05) is 5.02 Å². The molecule has 0 bridgehead atoms. The first kappa shape index (κ1) is 22.8. The SMILES string of the molecule is CCOC(=O)c1[nH]n(-c2ccc(Cl)cc2)c(=O)c1N=Nc1ccc(N=Nc2ccccc2)cc1. The average molecular weight is 475 g/mol. The lowest BCUT2D eigenvalue weighted by Crippen LogP contribution is -2.13. The van der Waals surface area contributed by atoms with Gasteiger partial charge in [0.05, 0.1) is 29.4 Å². The molecule has 3 aromatic carbocycles. The molecule has 1 heterocycles. The number of nitrogens with zero attached hydrogens (tertiary/aromatic N) is 5.